The second-order valence-electron chi connectivity index (χ2n) is 5.85. The normalized spacial score (nSPS) is 12.3. The third kappa shape index (κ3) is 3.63. The number of H-pyrrole nitrogens is 1. The quantitative estimate of drug-likeness (QED) is 0.496. The summed E-state index contributed by atoms with van der Waals surface area (Å²) in [7, 11) is 0. The molecular weight excluding hydrogens is 418 g/mol. The molecule has 0 saturated heterocycles. The van der Waals surface area contributed by atoms with Gasteiger partial charge in [0.15, 0.2) is 0 Å². The van der Waals surface area contributed by atoms with Gasteiger partial charge in [-0.05, 0) is 46.1 Å². The van der Waals surface area contributed by atoms with Crippen molar-refractivity contribution in [3.63, 3.8) is 0 Å². The third-order valence-electron chi connectivity index (χ3n) is 4.15. The van der Waals surface area contributed by atoms with E-state index in [9.17, 15) is 8.78 Å². The minimum atomic E-state index is -1.72. The number of nitrogens with one attached hydrogen (secondary N) is 1. The number of aromatic amines is 1. The van der Waals surface area contributed by atoms with Crippen LogP contribution in [0.4, 0.5) is 8.78 Å². The fourth-order valence-electron chi connectivity index (χ4n) is 2.94. The number of pyridine rings is 1. The summed E-state index contributed by atoms with van der Waals surface area (Å²) in [6.45, 7) is 0. The topological polar surface area (TPSA) is 72.3 Å². The minimum Gasteiger partial charge on any atom is -0.346 e. The zero-order valence-electron chi connectivity index (χ0n) is 13.9. The molecule has 4 rings (SSSR count). The Morgan fingerprint density at radius 2 is 2.15 bits per heavy atom. The molecule has 4 aromatic rings. The van der Waals surface area contributed by atoms with Crippen molar-refractivity contribution >= 4 is 27.0 Å². The monoisotopic (exact) mass is 430 g/mol. The summed E-state index contributed by atoms with van der Waals surface area (Å²) in [5.74, 6) is 0. The number of halogens is 3. The molecule has 0 aliphatic rings. The fraction of sp³-hybridized carbons (Fsp3) is 0.111. The van der Waals surface area contributed by atoms with Crippen LogP contribution >= 0.6 is 15.9 Å². The number of rotatable bonds is 5. The largest absolute Gasteiger partial charge is 0.346 e. The lowest BCUT2D eigenvalue weighted by Gasteiger charge is -2.16. The molecule has 1 N–H and O–H groups in total. The third-order valence-corrected chi connectivity index (χ3v) is 4.59. The van der Waals surface area contributed by atoms with Crippen molar-refractivity contribution in [2.75, 3.05) is 0 Å². The number of nitrogens with zero attached hydrogens (tertiary/aromatic N) is 5. The molecular formula is C18H13BrF2N6. The van der Waals surface area contributed by atoms with Gasteiger partial charge in [-0.25, -0.2) is 9.97 Å². The van der Waals surface area contributed by atoms with E-state index in [0.29, 0.717) is 0 Å². The van der Waals surface area contributed by atoms with Gasteiger partial charge < -0.3 is 4.98 Å². The smallest absolute Gasteiger partial charge is 0.266 e. The molecule has 4 heterocycles. The van der Waals surface area contributed by atoms with Crippen LogP contribution in [0, 0.1) is 0 Å². The lowest BCUT2D eigenvalue weighted by atomic mass is 10.1. The average molecular weight is 431 g/mol. The molecule has 6 nitrogen and oxygen atoms in total. The molecule has 0 radical (unpaired) electrons. The number of aromatic nitrogens is 6. The zero-order chi connectivity index (χ0) is 18.8. The van der Waals surface area contributed by atoms with Crippen LogP contribution in [-0.2, 0) is 0 Å². The second-order valence-corrected chi connectivity index (χ2v) is 6.77. The first-order valence-electron chi connectivity index (χ1n) is 8.06. The molecule has 9 heteroatoms. The summed E-state index contributed by atoms with van der Waals surface area (Å²) in [5.41, 5.74) is 3.00. The van der Waals surface area contributed by atoms with E-state index in [1.165, 1.54) is 6.33 Å². The van der Waals surface area contributed by atoms with E-state index in [4.69, 9.17) is 0 Å². The van der Waals surface area contributed by atoms with E-state index in [0.717, 1.165) is 38.4 Å². The van der Waals surface area contributed by atoms with Crippen molar-refractivity contribution in [1.29, 1.82) is 0 Å². The van der Waals surface area contributed by atoms with E-state index in [1.807, 2.05) is 12.1 Å². The standard InChI is InChI=1S/C18H13BrF2N6/c19-13-5-11(6-22-8-13)15(1-2-16(20)21)27-9-12(7-26-27)17-14-3-4-23-18(14)25-10-24-17/h2-10,15H,1H2,(H,23,24,25). The Balaban J connectivity index is 1.75. The molecule has 0 aliphatic heterocycles. The SMILES string of the molecule is FC(F)=CCC(c1cncc(Br)c1)n1cc(-c2ncnc3[nH]ccc23)cn1. The molecule has 27 heavy (non-hydrogen) atoms. The summed E-state index contributed by atoms with van der Waals surface area (Å²) in [6, 6.07) is 3.31. The molecule has 0 aromatic carbocycles. The van der Waals surface area contributed by atoms with Gasteiger partial charge in [-0.1, -0.05) is 0 Å². The Hall–Kier alpha value is -2.94. The molecule has 1 unspecified atom stereocenters. The highest BCUT2D eigenvalue weighted by Crippen LogP contribution is 2.29. The number of allylic oxidation sites excluding steroid dienone is 1. The summed E-state index contributed by atoms with van der Waals surface area (Å²) < 4.78 is 27.8. The van der Waals surface area contributed by atoms with Gasteiger partial charge in [0.2, 0.25) is 0 Å². The van der Waals surface area contributed by atoms with Crippen molar-refractivity contribution in [3.8, 4) is 11.3 Å². The molecule has 4 aromatic heterocycles. The Morgan fingerprint density at radius 1 is 1.26 bits per heavy atom. The lowest BCUT2D eigenvalue weighted by molar-refractivity contribution is 0.411. The molecule has 0 aliphatic carbocycles. The van der Waals surface area contributed by atoms with Gasteiger partial charge in [0.25, 0.3) is 6.08 Å². The number of fused-ring (bicyclic) bond motifs is 1. The highest BCUT2D eigenvalue weighted by Gasteiger charge is 2.17. The highest BCUT2D eigenvalue weighted by molar-refractivity contribution is 9.10. The maximum atomic E-state index is 12.7. The van der Waals surface area contributed by atoms with E-state index >= 15 is 0 Å². The van der Waals surface area contributed by atoms with Crippen LogP contribution in [0.25, 0.3) is 22.3 Å². The van der Waals surface area contributed by atoms with Crippen molar-refractivity contribution < 1.29 is 8.78 Å². The number of hydrogen-bond donors (Lipinski definition) is 1. The summed E-state index contributed by atoms with van der Waals surface area (Å²) in [6.07, 6.45) is 9.28. The van der Waals surface area contributed by atoms with Crippen molar-refractivity contribution in [1.82, 2.24) is 29.7 Å². The molecule has 1 atom stereocenters. The predicted molar refractivity (Wildman–Crippen MR) is 100 cm³/mol. The highest BCUT2D eigenvalue weighted by atomic mass is 79.9. The van der Waals surface area contributed by atoms with Crippen molar-refractivity contribution in [3.05, 3.63) is 71.6 Å². The van der Waals surface area contributed by atoms with Gasteiger partial charge in [-0.2, -0.15) is 13.9 Å². The van der Waals surface area contributed by atoms with E-state index in [2.05, 4.69) is 41.0 Å². The maximum absolute atomic E-state index is 12.7. The summed E-state index contributed by atoms with van der Waals surface area (Å²) in [4.78, 5) is 15.7. The summed E-state index contributed by atoms with van der Waals surface area (Å²) >= 11 is 3.37. The van der Waals surface area contributed by atoms with Gasteiger partial charge in [-0.15, -0.1) is 0 Å². The molecule has 0 bridgehead atoms. The van der Waals surface area contributed by atoms with Gasteiger partial charge in [0.1, 0.15) is 12.0 Å². The first-order valence-corrected chi connectivity index (χ1v) is 8.85. The van der Waals surface area contributed by atoms with Crippen LogP contribution in [0.15, 0.2) is 66.1 Å². The van der Waals surface area contributed by atoms with Gasteiger partial charge in [0, 0.05) is 40.2 Å². The molecule has 0 saturated carbocycles. The van der Waals surface area contributed by atoms with Gasteiger partial charge in [0.05, 0.1) is 17.9 Å². The van der Waals surface area contributed by atoms with Crippen LogP contribution < -0.4 is 0 Å². The summed E-state index contributed by atoms with van der Waals surface area (Å²) in [5, 5.41) is 5.26. The van der Waals surface area contributed by atoms with Crippen molar-refractivity contribution in [2.45, 2.75) is 12.5 Å². The molecule has 136 valence electrons. The zero-order valence-corrected chi connectivity index (χ0v) is 15.4. The Bertz CT molecular complexity index is 1120. The predicted octanol–water partition coefficient (Wildman–Crippen LogP) is 4.74. The van der Waals surface area contributed by atoms with Crippen LogP contribution in [-0.4, -0.2) is 29.7 Å². The van der Waals surface area contributed by atoms with Gasteiger partial charge in [-0.3, -0.25) is 9.67 Å². The molecule has 0 fully saturated rings. The van der Waals surface area contributed by atoms with Crippen molar-refractivity contribution in [2.24, 2.45) is 0 Å². The molecule has 0 spiro atoms. The maximum Gasteiger partial charge on any atom is 0.266 e. The first kappa shape index (κ1) is 17.5. The van der Waals surface area contributed by atoms with Crippen LogP contribution in [0.5, 0.6) is 0 Å². The second kappa shape index (κ2) is 7.36. The van der Waals surface area contributed by atoms with Crippen LogP contribution in [0.2, 0.25) is 0 Å². The van der Waals surface area contributed by atoms with Crippen LogP contribution in [0.3, 0.4) is 0 Å². The number of hydrogen-bond acceptors (Lipinski definition) is 4. The Labute approximate surface area is 161 Å². The first-order chi connectivity index (χ1) is 13.1. The molecule has 0 amide bonds. The van der Waals surface area contributed by atoms with E-state index in [1.54, 1.807) is 35.7 Å². The lowest BCUT2D eigenvalue weighted by Crippen LogP contribution is -2.11. The fourth-order valence-corrected chi connectivity index (χ4v) is 3.32. The average Bonchev–Trinajstić information content (AvgIpc) is 3.31. The van der Waals surface area contributed by atoms with E-state index in [-0.39, 0.29) is 6.42 Å². The Morgan fingerprint density at radius 3 is 2.96 bits per heavy atom. The van der Waals surface area contributed by atoms with Gasteiger partial charge >= 0.3 is 0 Å². The Kier molecular flexibility index (Phi) is 4.76. The minimum absolute atomic E-state index is 0.0882. The van der Waals surface area contributed by atoms with E-state index < -0.39 is 12.1 Å². The van der Waals surface area contributed by atoms with Crippen LogP contribution in [0.1, 0.15) is 18.0 Å².